The summed E-state index contributed by atoms with van der Waals surface area (Å²) in [6, 6.07) is 16.6. The molecule has 138 valence electrons. The molecule has 7 nitrogen and oxygen atoms in total. The number of carbonyl (C=O) groups is 1. The Morgan fingerprint density at radius 1 is 1.04 bits per heavy atom. The highest BCUT2D eigenvalue weighted by atomic mass is 16.5. The third-order valence-electron chi connectivity index (χ3n) is 3.63. The molecule has 0 aliphatic rings. The molecule has 0 radical (unpaired) electrons. The topological polar surface area (TPSA) is 96.4 Å². The third-order valence-corrected chi connectivity index (χ3v) is 3.63. The van der Waals surface area contributed by atoms with E-state index in [0.717, 1.165) is 22.6 Å². The lowest BCUT2D eigenvalue weighted by Crippen LogP contribution is -2.05. The molecule has 0 aliphatic carbocycles. The van der Waals surface area contributed by atoms with Gasteiger partial charge in [0, 0.05) is 30.1 Å². The molecule has 1 aromatic heterocycles. The molecule has 1 amide bonds. The van der Waals surface area contributed by atoms with Crippen molar-refractivity contribution in [2.75, 3.05) is 23.8 Å². The summed E-state index contributed by atoms with van der Waals surface area (Å²) in [5, 5.41) is 14.7. The molecular formula is C20H20N4O3. The first-order chi connectivity index (χ1) is 13.1. The number of rotatable bonds is 7. The lowest BCUT2D eigenvalue weighted by molar-refractivity contribution is -0.114. The molecule has 0 atom stereocenters. The number of aliphatic hydroxyl groups is 1. The van der Waals surface area contributed by atoms with Crippen LogP contribution < -0.4 is 15.4 Å². The van der Waals surface area contributed by atoms with Gasteiger partial charge in [-0.15, -0.1) is 0 Å². The Bertz CT molecular complexity index is 896. The minimum atomic E-state index is -0.107. The van der Waals surface area contributed by atoms with Crippen LogP contribution in [0.15, 0.2) is 60.8 Å². The summed E-state index contributed by atoms with van der Waals surface area (Å²) in [6.45, 7) is 1.71. The molecule has 0 aliphatic heterocycles. The van der Waals surface area contributed by atoms with Gasteiger partial charge in [0.2, 0.25) is 11.9 Å². The molecule has 2 aromatic carbocycles. The lowest BCUT2D eigenvalue weighted by atomic mass is 10.1. The van der Waals surface area contributed by atoms with Gasteiger partial charge in [-0.05, 0) is 42.5 Å². The number of hydrogen-bond donors (Lipinski definition) is 3. The Morgan fingerprint density at radius 2 is 1.74 bits per heavy atom. The number of carbonyl (C=O) groups excluding carboxylic acids is 1. The van der Waals surface area contributed by atoms with Crippen molar-refractivity contribution in [2.45, 2.75) is 6.92 Å². The fourth-order valence-electron chi connectivity index (χ4n) is 2.43. The maximum Gasteiger partial charge on any atom is 0.227 e. The van der Waals surface area contributed by atoms with Crippen molar-refractivity contribution in [3.8, 4) is 17.0 Å². The number of amides is 1. The summed E-state index contributed by atoms with van der Waals surface area (Å²) >= 11 is 0. The molecule has 0 unspecified atom stereocenters. The Labute approximate surface area is 157 Å². The summed E-state index contributed by atoms with van der Waals surface area (Å²) in [6.07, 6.45) is 1.69. The second-order valence-electron chi connectivity index (χ2n) is 5.75. The zero-order chi connectivity index (χ0) is 19.1. The van der Waals surface area contributed by atoms with Crippen molar-refractivity contribution >= 4 is 23.2 Å². The van der Waals surface area contributed by atoms with Gasteiger partial charge in [0.25, 0.3) is 0 Å². The molecule has 7 heteroatoms. The van der Waals surface area contributed by atoms with Gasteiger partial charge in [-0.25, -0.2) is 9.97 Å². The number of ether oxygens (including phenoxy) is 1. The standard InChI is InChI=1S/C20H20N4O3/c1-14(26)22-16-4-2-15(3-5-16)19-10-11-21-20(24-19)23-17-6-8-18(9-7-17)27-13-12-25/h2-11,25H,12-13H2,1H3,(H,22,26)(H,21,23,24). The number of aromatic nitrogens is 2. The van der Waals surface area contributed by atoms with Crippen molar-refractivity contribution < 1.29 is 14.6 Å². The van der Waals surface area contributed by atoms with E-state index in [2.05, 4.69) is 20.6 Å². The fraction of sp³-hybridized carbons (Fsp3) is 0.150. The van der Waals surface area contributed by atoms with Crippen molar-refractivity contribution in [2.24, 2.45) is 0 Å². The average molecular weight is 364 g/mol. The van der Waals surface area contributed by atoms with Crippen LogP contribution in [-0.4, -0.2) is 34.2 Å². The molecule has 0 bridgehead atoms. The molecular weight excluding hydrogens is 344 g/mol. The van der Waals surface area contributed by atoms with Gasteiger partial charge in [-0.2, -0.15) is 0 Å². The van der Waals surface area contributed by atoms with E-state index in [1.165, 1.54) is 6.92 Å². The molecule has 3 rings (SSSR count). The maximum absolute atomic E-state index is 11.1. The predicted octanol–water partition coefficient (Wildman–Crippen LogP) is 3.22. The van der Waals surface area contributed by atoms with E-state index in [4.69, 9.17) is 9.84 Å². The Balaban J connectivity index is 1.70. The highest BCUT2D eigenvalue weighted by molar-refractivity contribution is 5.88. The van der Waals surface area contributed by atoms with Gasteiger partial charge in [-0.1, -0.05) is 12.1 Å². The van der Waals surface area contributed by atoms with E-state index in [1.807, 2.05) is 54.6 Å². The van der Waals surface area contributed by atoms with Gasteiger partial charge in [0.1, 0.15) is 12.4 Å². The Hall–Kier alpha value is -3.45. The molecule has 0 spiro atoms. The number of nitrogens with one attached hydrogen (secondary N) is 2. The van der Waals surface area contributed by atoms with Crippen LogP contribution in [0, 0.1) is 0 Å². The van der Waals surface area contributed by atoms with Crippen LogP contribution in [0.3, 0.4) is 0 Å². The molecule has 0 fully saturated rings. The van der Waals surface area contributed by atoms with Crippen LogP contribution >= 0.6 is 0 Å². The van der Waals surface area contributed by atoms with Gasteiger partial charge < -0.3 is 20.5 Å². The Kier molecular flexibility index (Phi) is 5.96. The van der Waals surface area contributed by atoms with Gasteiger partial charge in [0.15, 0.2) is 0 Å². The van der Waals surface area contributed by atoms with Crippen molar-refractivity contribution in [3.63, 3.8) is 0 Å². The largest absolute Gasteiger partial charge is 0.491 e. The van der Waals surface area contributed by atoms with Crippen molar-refractivity contribution in [3.05, 3.63) is 60.8 Å². The molecule has 3 N–H and O–H groups in total. The zero-order valence-corrected chi connectivity index (χ0v) is 14.8. The molecule has 0 saturated carbocycles. The molecule has 3 aromatic rings. The third kappa shape index (κ3) is 5.26. The molecule has 27 heavy (non-hydrogen) atoms. The monoisotopic (exact) mass is 364 g/mol. The van der Waals surface area contributed by atoms with E-state index >= 15 is 0 Å². The first kappa shape index (κ1) is 18.3. The highest BCUT2D eigenvalue weighted by Crippen LogP contribution is 2.22. The molecule has 0 saturated heterocycles. The second kappa shape index (κ2) is 8.77. The number of hydrogen-bond acceptors (Lipinski definition) is 6. The fourth-order valence-corrected chi connectivity index (χ4v) is 2.43. The van der Waals surface area contributed by atoms with Crippen LogP contribution in [-0.2, 0) is 4.79 Å². The number of nitrogens with zero attached hydrogens (tertiary/aromatic N) is 2. The van der Waals surface area contributed by atoms with E-state index in [1.54, 1.807) is 6.20 Å². The Morgan fingerprint density at radius 3 is 2.41 bits per heavy atom. The second-order valence-corrected chi connectivity index (χ2v) is 5.75. The van der Waals surface area contributed by atoms with Gasteiger partial charge in [-0.3, -0.25) is 4.79 Å². The maximum atomic E-state index is 11.1. The van der Waals surface area contributed by atoms with E-state index in [-0.39, 0.29) is 19.1 Å². The summed E-state index contributed by atoms with van der Waals surface area (Å²) in [5.74, 6) is 1.05. The zero-order valence-electron chi connectivity index (χ0n) is 14.8. The summed E-state index contributed by atoms with van der Waals surface area (Å²) < 4.78 is 5.34. The SMILES string of the molecule is CC(=O)Nc1ccc(-c2ccnc(Nc3ccc(OCCO)cc3)n2)cc1. The van der Waals surface area contributed by atoms with E-state index < -0.39 is 0 Å². The molecule has 1 heterocycles. The minimum absolute atomic E-state index is 0.0214. The smallest absolute Gasteiger partial charge is 0.227 e. The average Bonchev–Trinajstić information content (AvgIpc) is 2.68. The number of anilines is 3. The van der Waals surface area contributed by atoms with Crippen molar-refractivity contribution in [1.29, 1.82) is 0 Å². The summed E-state index contributed by atoms with van der Waals surface area (Å²) in [5.41, 5.74) is 3.25. The lowest BCUT2D eigenvalue weighted by Gasteiger charge is -2.09. The van der Waals surface area contributed by atoms with Gasteiger partial charge >= 0.3 is 0 Å². The first-order valence-corrected chi connectivity index (χ1v) is 8.46. The van der Waals surface area contributed by atoms with Gasteiger partial charge in [0.05, 0.1) is 12.3 Å². The summed E-state index contributed by atoms with van der Waals surface area (Å²) in [7, 11) is 0. The van der Waals surface area contributed by atoms with E-state index in [9.17, 15) is 4.79 Å². The van der Waals surface area contributed by atoms with E-state index in [0.29, 0.717) is 11.7 Å². The number of benzene rings is 2. The van der Waals surface area contributed by atoms with Crippen LogP contribution in [0.5, 0.6) is 5.75 Å². The normalized spacial score (nSPS) is 10.3. The van der Waals surface area contributed by atoms with Crippen LogP contribution in [0.25, 0.3) is 11.3 Å². The quantitative estimate of drug-likeness (QED) is 0.596. The van der Waals surface area contributed by atoms with Crippen molar-refractivity contribution in [1.82, 2.24) is 9.97 Å². The predicted molar refractivity (Wildman–Crippen MR) is 104 cm³/mol. The highest BCUT2D eigenvalue weighted by Gasteiger charge is 2.04. The summed E-state index contributed by atoms with van der Waals surface area (Å²) in [4.78, 5) is 19.9. The van der Waals surface area contributed by atoms with Crippen LogP contribution in [0.2, 0.25) is 0 Å². The van der Waals surface area contributed by atoms with Crippen LogP contribution in [0.1, 0.15) is 6.92 Å². The van der Waals surface area contributed by atoms with Crippen LogP contribution in [0.4, 0.5) is 17.3 Å². The first-order valence-electron chi connectivity index (χ1n) is 8.46. The minimum Gasteiger partial charge on any atom is -0.491 e. The number of aliphatic hydroxyl groups excluding tert-OH is 1.